The van der Waals surface area contributed by atoms with Gasteiger partial charge in [0.2, 0.25) is 0 Å². The van der Waals surface area contributed by atoms with Crippen LogP contribution >= 0.6 is 0 Å². The zero-order valence-corrected chi connectivity index (χ0v) is 33.0. The number of nitrogens with one attached hydrogen (secondary N) is 1. The van der Waals surface area contributed by atoms with E-state index in [1.54, 1.807) is 18.8 Å². The maximum atomic E-state index is 12.2. The monoisotopic (exact) mass is 769 g/mol. The topological polar surface area (TPSA) is 172 Å². The number of aryl methyl sites for hydroxylation is 1. The van der Waals surface area contributed by atoms with Crippen molar-refractivity contribution in [2.24, 2.45) is 0 Å². The molecule has 0 bridgehead atoms. The van der Waals surface area contributed by atoms with Crippen molar-refractivity contribution in [2.75, 3.05) is 39.7 Å². The van der Waals surface area contributed by atoms with E-state index in [-0.39, 0.29) is 12.4 Å². The maximum Gasteiger partial charge on any atom is 0.407 e. The standard InChI is InChI=1S/C41H51N5O8Si/c1-50-31-17-13-29(14-18-31)41(28-11-7-6-8-12-28,30-15-19-32(51-2)20-16-30)53-25-33-35(47)36(48)39(54-33)46-24-27(34-37(42)44-26-45-38(34)46)10-9-21-43-40(49)52-22-23-55(3,4)5/h6-8,11-20,24,26,33,35-36,39,47-48H,9-10,21-23,25H2,1-5H3,(H,43,49)(H2,42,44,45)/t33-,35-,36-,39-/m1/s1. The van der Waals surface area contributed by atoms with Crippen molar-refractivity contribution < 1.29 is 38.7 Å². The molecule has 3 aromatic carbocycles. The Labute approximate surface area is 322 Å². The molecule has 13 nitrogen and oxygen atoms in total. The van der Waals surface area contributed by atoms with Crippen LogP contribution in [0.5, 0.6) is 11.5 Å². The van der Waals surface area contributed by atoms with Crippen molar-refractivity contribution in [1.29, 1.82) is 0 Å². The molecule has 1 saturated heterocycles. The lowest BCUT2D eigenvalue weighted by Crippen LogP contribution is -2.39. The van der Waals surface area contributed by atoms with Crippen molar-refractivity contribution >= 4 is 31.0 Å². The van der Waals surface area contributed by atoms with Gasteiger partial charge in [-0.3, -0.25) is 0 Å². The minimum atomic E-state index is -1.33. The van der Waals surface area contributed by atoms with Gasteiger partial charge in [0.15, 0.2) is 6.23 Å². The third-order valence-electron chi connectivity index (χ3n) is 9.94. The summed E-state index contributed by atoms with van der Waals surface area (Å²) in [5, 5.41) is 26.4. The summed E-state index contributed by atoms with van der Waals surface area (Å²) in [5.41, 5.74) is 8.95. The smallest absolute Gasteiger partial charge is 0.407 e. The summed E-state index contributed by atoms with van der Waals surface area (Å²) in [5.74, 6) is 1.66. The van der Waals surface area contributed by atoms with Gasteiger partial charge >= 0.3 is 6.09 Å². The number of amides is 1. The van der Waals surface area contributed by atoms with Gasteiger partial charge in [-0.05, 0) is 65.4 Å². The van der Waals surface area contributed by atoms with E-state index in [0.717, 1.165) is 28.3 Å². The first-order valence-corrected chi connectivity index (χ1v) is 22.2. The van der Waals surface area contributed by atoms with Crippen LogP contribution in [-0.2, 0) is 26.2 Å². The third-order valence-corrected chi connectivity index (χ3v) is 11.6. The van der Waals surface area contributed by atoms with Crippen LogP contribution in [-0.4, -0.2) is 91.2 Å². The quantitative estimate of drug-likeness (QED) is 0.0555. The van der Waals surface area contributed by atoms with E-state index in [4.69, 9.17) is 29.4 Å². The number of fused-ring (bicyclic) bond motifs is 1. The Morgan fingerprint density at radius 2 is 1.53 bits per heavy atom. The minimum Gasteiger partial charge on any atom is -0.497 e. The highest BCUT2D eigenvalue weighted by Gasteiger charge is 2.47. The molecule has 55 heavy (non-hydrogen) atoms. The Kier molecular flexibility index (Phi) is 12.4. The van der Waals surface area contributed by atoms with Crippen LogP contribution in [0, 0.1) is 0 Å². The Morgan fingerprint density at radius 3 is 2.13 bits per heavy atom. The molecule has 2 aromatic heterocycles. The van der Waals surface area contributed by atoms with Crippen LogP contribution in [0.15, 0.2) is 91.4 Å². The van der Waals surface area contributed by atoms with Gasteiger partial charge in [-0.2, -0.15) is 0 Å². The number of carbonyl (C=O) groups is 1. The summed E-state index contributed by atoms with van der Waals surface area (Å²) in [6, 6.07) is 26.0. The first-order chi connectivity index (χ1) is 26.4. The molecule has 4 atom stereocenters. The highest BCUT2D eigenvalue weighted by atomic mass is 28.3. The average molecular weight is 770 g/mol. The molecule has 292 valence electrons. The number of hydrogen-bond acceptors (Lipinski definition) is 11. The fraction of sp³-hybridized carbons (Fsp3) is 0.390. The Morgan fingerprint density at radius 1 is 0.909 bits per heavy atom. The van der Waals surface area contributed by atoms with Gasteiger partial charge in [0.25, 0.3) is 0 Å². The number of benzene rings is 3. The number of hydrogen-bond donors (Lipinski definition) is 4. The van der Waals surface area contributed by atoms with Crippen molar-refractivity contribution in [1.82, 2.24) is 19.9 Å². The fourth-order valence-electron chi connectivity index (χ4n) is 6.92. The summed E-state index contributed by atoms with van der Waals surface area (Å²) in [6.07, 6.45) is -0.739. The van der Waals surface area contributed by atoms with E-state index in [2.05, 4.69) is 34.9 Å². The number of aliphatic hydroxyl groups excluding tert-OH is 2. The van der Waals surface area contributed by atoms with Gasteiger partial charge in [0.05, 0.1) is 32.8 Å². The lowest BCUT2D eigenvalue weighted by atomic mass is 9.80. The molecule has 3 heterocycles. The molecular formula is C41H51N5O8Si. The number of nitrogen functional groups attached to an aromatic ring is 1. The predicted molar refractivity (Wildman–Crippen MR) is 212 cm³/mol. The highest BCUT2D eigenvalue weighted by molar-refractivity contribution is 6.76. The zero-order chi connectivity index (χ0) is 39.2. The second kappa shape index (κ2) is 17.2. The Hall–Kier alpha value is -4.99. The number of nitrogens with two attached hydrogens (primary N) is 1. The number of ether oxygens (including phenoxy) is 5. The van der Waals surface area contributed by atoms with Crippen molar-refractivity contribution in [3.05, 3.63) is 114 Å². The third kappa shape index (κ3) is 8.79. The van der Waals surface area contributed by atoms with Gasteiger partial charge in [0, 0.05) is 20.8 Å². The van der Waals surface area contributed by atoms with Crippen LogP contribution in [0.2, 0.25) is 25.7 Å². The number of methoxy groups -OCH3 is 2. The van der Waals surface area contributed by atoms with Crippen LogP contribution < -0.4 is 20.5 Å². The second-order valence-corrected chi connectivity index (χ2v) is 20.5. The minimum absolute atomic E-state index is 0.0927. The molecule has 1 amide bonds. The SMILES string of the molecule is COc1ccc(C(OC[C@H]2O[C@@H](n3cc(CCCNC(=O)OCC[Si](C)(C)C)c4c(N)ncnc43)[C@H](O)[C@@H]2O)(c2ccccc2)c2ccc(OC)cc2)cc1. The lowest BCUT2D eigenvalue weighted by molar-refractivity contribution is -0.0941. The number of anilines is 1. The molecule has 0 radical (unpaired) electrons. The van der Waals surface area contributed by atoms with Crippen molar-refractivity contribution in [2.45, 2.75) is 68.7 Å². The van der Waals surface area contributed by atoms with Crippen LogP contribution in [0.1, 0.15) is 34.9 Å². The number of alkyl carbamates (subject to hydrolysis) is 1. The highest BCUT2D eigenvalue weighted by Crippen LogP contribution is 2.43. The molecule has 0 unspecified atom stereocenters. The van der Waals surface area contributed by atoms with E-state index in [0.29, 0.717) is 48.5 Å². The number of aromatic nitrogens is 3. The predicted octanol–water partition coefficient (Wildman–Crippen LogP) is 5.66. The Balaban J connectivity index is 1.24. The van der Waals surface area contributed by atoms with E-state index >= 15 is 0 Å². The lowest BCUT2D eigenvalue weighted by Gasteiger charge is -2.37. The molecule has 14 heteroatoms. The fourth-order valence-corrected chi connectivity index (χ4v) is 7.63. The van der Waals surface area contributed by atoms with Crippen molar-refractivity contribution in [3.8, 4) is 11.5 Å². The first kappa shape index (κ1) is 39.7. The molecule has 1 aliphatic heterocycles. The van der Waals surface area contributed by atoms with E-state index < -0.39 is 44.3 Å². The molecule has 0 spiro atoms. The number of carbonyl (C=O) groups excluding carboxylic acids is 1. The maximum absolute atomic E-state index is 12.2. The van der Waals surface area contributed by atoms with E-state index in [9.17, 15) is 15.0 Å². The second-order valence-electron chi connectivity index (χ2n) is 14.9. The molecular weight excluding hydrogens is 719 g/mol. The normalized spacial score (nSPS) is 18.7. The van der Waals surface area contributed by atoms with E-state index in [1.165, 1.54) is 6.33 Å². The van der Waals surface area contributed by atoms with Crippen LogP contribution in [0.3, 0.4) is 0 Å². The summed E-state index contributed by atoms with van der Waals surface area (Å²) < 4.78 is 31.4. The van der Waals surface area contributed by atoms with Gasteiger partial charge in [-0.15, -0.1) is 0 Å². The zero-order valence-electron chi connectivity index (χ0n) is 32.0. The molecule has 1 fully saturated rings. The summed E-state index contributed by atoms with van der Waals surface area (Å²) in [4.78, 5) is 20.9. The molecule has 1 aliphatic rings. The molecule has 5 aromatic rings. The summed E-state index contributed by atoms with van der Waals surface area (Å²) >= 11 is 0. The van der Waals surface area contributed by atoms with Crippen LogP contribution in [0.25, 0.3) is 11.0 Å². The molecule has 0 aliphatic carbocycles. The average Bonchev–Trinajstić information content (AvgIpc) is 3.70. The first-order valence-electron chi connectivity index (χ1n) is 18.5. The van der Waals surface area contributed by atoms with Gasteiger partial charge in [-0.1, -0.05) is 74.2 Å². The van der Waals surface area contributed by atoms with Crippen LogP contribution in [0.4, 0.5) is 10.6 Å². The number of nitrogens with zero attached hydrogens (tertiary/aromatic N) is 3. The molecule has 6 rings (SSSR count). The molecule has 5 N–H and O–H groups in total. The van der Waals surface area contributed by atoms with Gasteiger partial charge < -0.3 is 49.5 Å². The summed E-state index contributed by atoms with van der Waals surface area (Å²) in [7, 11) is 1.92. The largest absolute Gasteiger partial charge is 0.497 e. The van der Waals surface area contributed by atoms with Gasteiger partial charge in [0.1, 0.15) is 53.2 Å². The van der Waals surface area contributed by atoms with Crippen molar-refractivity contribution in [3.63, 3.8) is 0 Å². The van der Waals surface area contributed by atoms with E-state index in [1.807, 2.05) is 85.1 Å². The molecule has 0 saturated carbocycles. The summed E-state index contributed by atoms with van der Waals surface area (Å²) in [6.45, 7) is 7.39. The van der Waals surface area contributed by atoms with Gasteiger partial charge in [-0.25, -0.2) is 14.8 Å². The number of aliphatic hydroxyl groups is 2. The number of rotatable bonds is 16. The Bertz CT molecular complexity index is 1970.